The van der Waals surface area contributed by atoms with Gasteiger partial charge in [0.05, 0.1) is 17.6 Å². The number of rotatable bonds is 3. The van der Waals surface area contributed by atoms with Gasteiger partial charge in [0.25, 0.3) is 0 Å². The molecule has 0 spiro atoms. The molecule has 20 heavy (non-hydrogen) atoms. The number of fused-ring (bicyclic) bond motifs is 1. The van der Waals surface area contributed by atoms with E-state index in [0.29, 0.717) is 11.4 Å². The number of aromatic amines is 1. The summed E-state index contributed by atoms with van der Waals surface area (Å²) >= 11 is 7.73. The first kappa shape index (κ1) is 13.6. The molecule has 3 nitrogen and oxygen atoms in total. The minimum atomic E-state index is 0.671. The maximum atomic E-state index is 5.47. The van der Waals surface area contributed by atoms with E-state index in [0.717, 1.165) is 22.5 Å². The standard InChI is InChI=1S/C15H13IN2OS/c1-2-19-12-6-4-11(5-7-12)18-14-8-3-10(16)9-13(14)17-15(18)20/h3-9H,2H2,1H3,(H,17,20). The molecule has 0 saturated heterocycles. The molecule has 2 aromatic carbocycles. The van der Waals surface area contributed by atoms with E-state index in [2.05, 4.69) is 45.8 Å². The second-order valence-electron chi connectivity index (χ2n) is 4.35. The molecule has 0 atom stereocenters. The molecule has 0 aliphatic rings. The first-order valence-electron chi connectivity index (χ1n) is 6.32. The van der Waals surface area contributed by atoms with Crippen molar-refractivity contribution in [1.82, 2.24) is 9.55 Å². The number of nitrogens with zero attached hydrogens (tertiary/aromatic N) is 1. The Morgan fingerprint density at radius 1 is 1.20 bits per heavy atom. The summed E-state index contributed by atoms with van der Waals surface area (Å²) in [7, 11) is 0. The highest BCUT2D eigenvalue weighted by Crippen LogP contribution is 2.23. The molecule has 102 valence electrons. The zero-order valence-electron chi connectivity index (χ0n) is 10.9. The third-order valence-electron chi connectivity index (χ3n) is 3.05. The fourth-order valence-electron chi connectivity index (χ4n) is 2.20. The van der Waals surface area contributed by atoms with E-state index in [1.807, 2.05) is 35.8 Å². The van der Waals surface area contributed by atoms with Gasteiger partial charge in [-0.1, -0.05) is 0 Å². The smallest absolute Gasteiger partial charge is 0.182 e. The maximum absolute atomic E-state index is 5.47. The van der Waals surface area contributed by atoms with Gasteiger partial charge in [0, 0.05) is 9.26 Å². The largest absolute Gasteiger partial charge is 0.494 e. The summed E-state index contributed by atoms with van der Waals surface area (Å²) in [6, 6.07) is 14.2. The Balaban J connectivity index is 2.14. The first-order valence-corrected chi connectivity index (χ1v) is 7.81. The van der Waals surface area contributed by atoms with Gasteiger partial charge in [-0.25, -0.2) is 0 Å². The molecule has 0 radical (unpaired) electrons. The lowest BCUT2D eigenvalue weighted by Gasteiger charge is -2.07. The minimum Gasteiger partial charge on any atom is -0.494 e. The lowest BCUT2D eigenvalue weighted by atomic mass is 10.2. The summed E-state index contributed by atoms with van der Waals surface area (Å²) < 4.78 is 9.39. The number of H-pyrrole nitrogens is 1. The average molecular weight is 396 g/mol. The molecule has 5 heteroatoms. The number of nitrogens with one attached hydrogen (secondary N) is 1. The van der Waals surface area contributed by atoms with Gasteiger partial charge in [-0.05, 0) is 84.2 Å². The molecule has 0 unspecified atom stereocenters. The number of ether oxygens (including phenoxy) is 1. The number of hydrogen-bond acceptors (Lipinski definition) is 2. The van der Waals surface area contributed by atoms with Crippen LogP contribution in [0.5, 0.6) is 5.75 Å². The molecule has 1 N–H and O–H groups in total. The van der Waals surface area contributed by atoms with Crippen LogP contribution in [0.25, 0.3) is 16.7 Å². The molecule has 0 aliphatic heterocycles. The molecule has 0 saturated carbocycles. The molecule has 0 bridgehead atoms. The van der Waals surface area contributed by atoms with Crippen molar-refractivity contribution in [3.8, 4) is 11.4 Å². The fourth-order valence-corrected chi connectivity index (χ4v) is 3.00. The van der Waals surface area contributed by atoms with E-state index in [9.17, 15) is 0 Å². The van der Waals surface area contributed by atoms with Crippen LogP contribution in [0.3, 0.4) is 0 Å². The van der Waals surface area contributed by atoms with Crippen molar-refractivity contribution in [2.45, 2.75) is 6.92 Å². The van der Waals surface area contributed by atoms with Crippen molar-refractivity contribution in [2.24, 2.45) is 0 Å². The van der Waals surface area contributed by atoms with Crippen LogP contribution in [-0.2, 0) is 0 Å². The van der Waals surface area contributed by atoms with Gasteiger partial charge in [-0.15, -0.1) is 0 Å². The van der Waals surface area contributed by atoms with E-state index in [-0.39, 0.29) is 0 Å². The summed E-state index contributed by atoms with van der Waals surface area (Å²) in [6.07, 6.45) is 0. The molecule has 3 aromatic rings. The Labute approximate surface area is 135 Å². The fraction of sp³-hybridized carbons (Fsp3) is 0.133. The summed E-state index contributed by atoms with van der Waals surface area (Å²) in [5.74, 6) is 0.872. The Hall–Kier alpha value is -1.34. The molecule has 3 rings (SSSR count). The van der Waals surface area contributed by atoms with Crippen LogP contribution in [0, 0.1) is 8.34 Å². The van der Waals surface area contributed by atoms with Gasteiger partial charge in [0.1, 0.15) is 5.75 Å². The maximum Gasteiger partial charge on any atom is 0.182 e. The number of halogens is 1. The molecule has 1 heterocycles. The Morgan fingerprint density at radius 3 is 2.65 bits per heavy atom. The van der Waals surface area contributed by atoms with Crippen LogP contribution < -0.4 is 4.74 Å². The third kappa shape index (κ3) is 2.47. The third-order valence-corrected chi connectivity index (χ3v) is 4.01. The van der Waals surface area contributed by atoms with Crippen molar-refractivity contribution in [3.05, 3.63) is 50.8 Å². The lowest BCUT2D eigenvalue weighted by Crippen LogP contribution is -1.95. The first-order chi connectivity index (χ1) is 9.69. The molecule has 0 fully saturated rings. The monoisotopic (exact) mass is 396 g/mol. The SMILES string of the molecule is CCOc1ccc(-n2c(=S)[nH]c3cc(I)ccc32)cc1. The van der Waals surface area contributed by atoms with Crippen LogP contribution in [0.1, 0.15) is 6.92 Å². The van der Waals surface area contributed by atoms with Crippen molar-refractivity contribution in [1.29, 1.82) is 0 Å². The second kappa shape index (κ2) is 5.57. The van der Waals surface area contributed by atoms with Gasteiger partial charge in [-0.2, -0.15) is 0 Å². The molecule has 1 aromatic heterocycles. The van der Waals surface area contributed by atoms with Crippen LogP contribution in [0.15, 0.2) is 42.5 Å². The quantitative estimate of drug-likeness (QED) is 0.514. The highest BCUT2D eigenvalue weighted by molar-refractivity contribution is 14.1. The molecular weight excluding hydrogens is 383 g/mol. The van der Waals surface area contributed by atoms with Crippen molar-refractivity contribution in [2.75, 3.05) is 6.61 Å². The number of hydrogen-bond donors (Lipinski definition) is 1. The van der Waals surface area contributed by atoms with E-state index >= 15 is 0 Å². The van der Waals surface area contributed by atoms with E-state index < -0.39 is 0 Å². The molecule has 0 amide bonds. The summed E-state index contributed by atoms with van der Waals surface area (Å²) in [4.78, 5) is 3.25. The Bertz CT molecular complexity index is 805. The lowest BCUT2D eigenvalue weighted by molar-refractivity contribution is 0.340. The van der Waals surface area contributed by atoms with Gasteiger partial charge < -0.3 is 9.72 Å². The molecule has 0 aliphatic carbocycles. The normalized spacial score (nSPS) is 10.9. The Morgan fingerprint density at radius 2 is 1.95 bits per heavy atom. The van der Waals surface area contributed by atoms with Crippen LogP contribution in [0.2, 0.25) is 0 Å². The van der Waals surface area contributed by atoms with Gasteiger partial charge in [-0.3, -0.25) is 4.57 Å². The van der Waals surface area contributed by atoms with E-state index in [1.54, 1.807) is 0 Å². The highest BCUT2D eigenvalue weighted by Gasteiger charge is 2.07. The zero-order valence-corrected chi connectivity index (χ0v) is 13.9. The average Bonchev–Trinajstić information content (AvgIpc) is 2.75. The van der Waals surface area contributed by atoms with Crippen molar-refractivity contribution >= 4 is 45.8 Å². The van der Waals surface area contributed by atoms with Crippen LogP contribution in [0.4, 0.5) is 0 Å². The van der Waals surface area contributed by atoms with Crippen LogP contribution >= 0.6 is 34.8 Å². The predicted molar refractivity (Wildman–Crippen MR) is 92.3 cm³/mol. The second-order valence-corrected chi connectivity index (χ2v) is 5.99. The number of imidazole rings is 1. The van der Waals surface area contributed by atoms with E-state index in [4.69, 9.17) is 17.0 Å². The van der Waals surface area contributed by atoms with Gasteiger partial charge in [0.2, 0.25) is 0 Å². The summed E-state index contributed by atoms with van der Waals surface area (Å²) in [6.45, 7) is 2.65. The number of aromatic nitrogens is 2. The minimum absolute atomic E-state index is 0.671. The Kier molecular flexibility index (Phi) is 3.80. The topological polar surface area (TPSA) is 29.9 Å². The van der Waals surface area contributed by atoms with Gasteiger partial charge >= 0.3 is 0 Å². The van der Waals surface area contributed by atoms with Crippen molar-refractivity contribution < 1.29 is 4.74 Å². The van der Waals surface area contributed by atoms with Crippen molar-refractivity contribution in [3.63, 3.8) is 0 Å². The highest BCUT2D eigenvalue weighted by atomic mass is 127. The summed E-state index contributed by atoms with van der Waals surface area (Å²) in [5, 5.41) is 0. The number of benzene rings is 2. The summed E-state index contributed by atoms with van der Waals surface area (Å²) in [5.41, 5.74) is 3.17. The molecular formula is C15H13IN2OS. The predicted octanol–water partition coefficient (Wildman–Crippen LogP) is 4.69. The zero-order chi connectivity index (χ0) is 14.1. The van der Waals surface area contributed by atoms with Crippen LogP contribution in [-0.4, -0.2) is 16.2 Å². The van der Waals surface area contributed by atoms with Gasteiger partial charge in [0.15, 0.2) is 4.77 Å². The van der Waals surface area contributed by atoms with E-state index in [1.165, 1.54) is 3.57 Å².